The van der Waals surface area contributed by atoms with Gasteiger partial charge in [0.1, 0.15) is 5.75 Å². The van der Waals surface area contributed by atoms with Gasteiger partial charge in [-0.2, -0.15) is 0 Å². The first-order chi connectivity index (χ1) is 14.5. The molecule has 3 aromatic rings. The zero-order valence-electron chi connectivity index (χ0n) is 16.0. The van der Waals surface area contributed by atoms with Gasteiger partial charge in [-0.05, 0) is 67.1 Å². The van der Waals surface area contributed by atoms with Crippen LogP contribution in [0.25, 0.3) is 6.08 Å². The summed E-state index contributed by atoms with van der Waals surface area (Å²) in [6.45, 7) is 1.98. The van der Waals surface area contributed by atoms with Crippen LogP contribution < -0.4 is 4.74 Å². The summed E-state index contributed by atoms with van der Waals surface area (Å²) in [5.74, 6) is -0.331. The van der Waals surface area contributed by atoms with E-state index in [-0.39, 0.29) is 11.6 Å². The molecule has 0 saturated carbocycles. The van der Waals surface area contributed by atoms with Crippen LogP contribution in [0.4, 0.5) is 0 Å². The standard InChI is InChI=1S/C24H16ClNO4/c1-15-2-6-17(7-3-15)22-26-21(24(28)30-22)14-16-4-12-20(13-5-16)29-23(27)18-8-10-19(25)11-9-18/h2-14H,1H3/b21-14+. The molecule has 0 aliphatic carbocycles. The van der Waals surface area contributed by atoms with Crippen LogP contribution in [-0.2, 0) is 9.53 Å². The second-order valence-electron chi connectivity index (χ2n) is 6.67. The molecular weight excluding hydrogens is 402 g/mol. The van der Waals surface area contributed by atoms with E-state index in [4.69, 9.17) is 21.1 Å². The number of nitrogens with zero attached hydrogens (tertiary/aromatic N) is 1. The molecule has 1 heterocycles. The van der Waals surface area contributed by atoms with Crippen LogP contribution in [0.2, 0.25) is 5.02 Å². The second kappa shape index (κ2) is 8.35. The van der Waals surface area contributed by atoms with E-state index in [1.165, 1.54) is 0 Å². The van der Waals surface area contributed by atoms with Crippen LogP contribution in [0, 0.1) is 6.92 Å². The molecule has 1 aliphatic heterocycles. The van der Waals surface area contributed by atoms with Gasteiger partial charge >= 0.3 is 11.9 Å². The van der Waals surface area contributed by atoms with Crippen molar-refractivity contribution in [2.45, 2.75) is 6.92 Å². The van der Waals surface area contributed by atoms with Crippen molar-refractivity contribution in [1.29, 1.82) is 0 Å². The summed E-state index contributed by atoms with van der Waals surface area (Å²) in [4.78, 5) is 28.6. The fraction of sp³-hybridized carbons (Fsp3) is 0.0417. The van der Waals surface area contributed by atoms with Gasteiger partial charge in [-0.3, -0.25) is 0 Å². The number of aliphatic imine (C=N–C) groups is 1. The lowest BCUT2D eigenvalue weighted by Gasteiger charge is -2.05. The highest BCUT2D eigenvalue weighted by Gasteiger charge is 2.24. The van der Waals surface area contributed by atoms with Gasteiger partial charge in [0.2, 0.25) is 5.90 Å². The summed E-state index contributed by atoms with van der Waals surface area (Å²) in [5, 5.41) is 0.544. The summed E-state index contributed by atoms with van der Waals surface area (Å²) >= 11 is 5.82. The number of cyclic esters (lactones) is 1. The maximum atomic E-state index is 12.2. The van der Waals surface area contributed by atoms with Gasteiger partial charge in [0.25, 0.3) is 0 Å². The van der Waals surface area contributed by atoms with Gasteiger partial charge < -0.3 is 9.47 Å². The molecule has 0 bridgehead atoms. The molecule has 0 unspecified atom stereocenters. The molecule has 0 saturated heterocycles. The summed E-state index contributed by atoms with van der Waals surface area (Å²) in [6.07, 6.45) is 1.62. The fourth-order valence-corrected chi connectivity index (χ4v) is 2.90. The zero-order chi connectivity index (χ0) is 21.1. The molecule has 1 aliphatic rings. The molecule has 30 heavy (non-hydrogen) atoms. The van der Waals surface area contributed by atoms with E-state index in [1.807, 2.05) is 31.2 Å². The van der Waals surface area contributed by atoms with Crippen LogP contribution in [0.3, 0.4) is 0 Å². The number of hydrogen-bond acceptors (Lipinski definition) is 5. The molecule has 148 valence electrons. The van der Waals surface area contributed by atoms with E-state index in [1.54, 1.807) is 54.6 Å². The lowest BCUT2D eigenvalue weighted by molar-refractivity contribution is -0.129. The lowest BCUT2D eigenvalue weighted by atomic mass is 10.1. The Morgan fingerprint density at radius 1 is 0.967 bits per heavy atom. The summed E-state index contributed by atoms with van der Waals surface area (Å²) in [7, 11) is 0. The van der Waals surface area contributed by atoms with Crippen LogP contribution in [0.1, 0.15) is 27.0 Å². The average molecular weight is 418 g/mol. The quantitative estimate of drug-likeness (QED) is 0.332. The summed E-state index contributed by atoms with van der Waals surface area (Å²) in [6, 6.07) is 20.7. The van der Waals surface area contributed by atoms with Crippen molar-refractivity contribution < 1.29 is 19.1 Å². The van der Waals surface area contributed by atoms with E-state index in [2.05, 4.69) is 4.99 Å². The molecule has 0 fully saturated rings. The van der Waals surface area contributed by atoms with Crippen LogP contribution in [0.15, 0.2) is 83.5 Å². The minimum Gasteiger partial charge on any atom is -0.423 e. The van der Waals surface area contributed by atoms with Crippen molar-refractivity contribution in [2.24, 2.45) is 4.99 Å². The van der Waals surface area contributed by atoms with Gasteiger partial charge in [-0.1, -0.05) is 41.4 Å². The van der Waals surface area contributed by atoms with Crippen LogP contribution in [0.5, 0.6) is 5.75 Å². The van der Waals surface area contributed by atoms with Crippen LogP contribution in [-0.4, -0.2) is 17.8 Å². The normalized spacial score (nSPS) is 14.4. The second-order valence-corrected chi connectivity index (χ2v) is 7.10. The predicted molar refractivity (Wildman–Crippen MR) is 115 cm³/mol. The average Bonchev–Trinajstić information content (AvgIpc) is 3.10. The number of carbonyl (C=O) groups excluding carboxylic acids is 2. The number of benzene rings is 3. The van der Waals surface area contributed by atoms with E-state index in [0.717, 1.165) is 16.7 Å². The fourth-order valence-electron chi connectivity index (χ4n) is 2.77. The number of rotatable bonds is 4. The molecule has 6 heteroatoms. The number of esters is 2. The topological polar surface area (TPSA) is 65.0 Å². The van der Waals surface area contributed by atoms with Gasteiger partial charge in [-0.15, -0.1) is 0 Å². The molecule has 3 aromatic carbocycles. The monoisotopic (exact) mass is 417 g/mol. The van der Waals surface area contributed by atoms with Gasteiger partial charge in [-0.25, -0.2) is 14.6 Å². The maximum absolute atomic E-state index is 12.2. The Balaban J connectivity index is 1.48. The summed E-state index contributed by atoms with van der Waals surface area (Å²) in [5.41, 5.74) is 3.18. The van der Waals surface area contributed by atoms with Crippen molar-refractivity contribution in [3.05, 3.63) is 106 Å². The highest BCUT2D eigenvalue weighted by molar-refractivity contribution is 6.30. The third-order valence-corrected chi connectivity index (χ3v) is 4.64. The predicted octanol–water partition coefficient (Wildman–Crippen LogP) is 5.21. The first-order valence-corrected chi connectivity index (χ1v) is 9.53. The lowest BCUT2D eigenvalue weighted by Crippen LogP contribution is -2.08. The Bertz CT molecular complexity index is 1160. The Kier molecular flexibility index (Phi) is 5.46. The van der Waals surface area contributed by atoms with Gasteiger partial charge in [0, 0.05) is 10.6 Å². The van der Waals surface area contributed by atoms with E-state index >= 15 is 0 Å². The molecule has 5 nitrogen and oxygen atoms in total. The van der Waals surface area contributed by atoms with Crippen molar-refractivity contribution in [2.75, 3.05) is 0 Å². The Hall–Kier alpha value is -3.70. The van der Waals surface area contributed by atoms with Crippen molar-refractivity contribution in [1.82, 2.24) is 0 Å². The number of hydrogen-bond donors (Lipinski definition) is 0. The third kappa shape index (κ3) is 4.47. The SMILES string of the molecule is Cc1ccc(C2=N/C(=C/c3ccc(OC(=O)c4ccc(Cl)cc4)cc3)C(=O)O2)cc1. The van der Waals surface area contributed by atoms with E-state index in [0.29, 0.717) is 16.3 Å². The largest absolute Gasteiger partial charge is 0.423 e. The molecule has 0 amide bonds. The van der Waals surface area contributed by atoms with E-state index < -0.39 is 11.9 Å². The summed E-state index contributed by atoms with van der Waals surface area (Å²) < 4.78 is 10.6. The minimum atomic E-state index is -0.510. The first kappa shape index (κ1) is 19.6. The molecule has 0 aromatic heterocycles. The number of halogens is 1. The van der Waals surface area contributed by atoms with Crippen molar-refractivity contribution in [3.8, 4) is 5.75 Å². The third-order valence-electron chi connectivity index (χ3n) is 4.39. The number of ether oxygens (including phenoxy) is 2. The molecule has 0 N–H and O–H groups in total. The molecule has 0 spiro atoms. The smallest absolute Gasteiger partial charge is 0.363 e. The highest BCUT2D eigenvalue weighted by atomic mass is 35.5. The van der Waals surface area contributed by atoms with Crippen molar-refractivity contribution in [3.63, 3.8) is 0 Å². The molecule has 0 radical (unpaired) electrons. The Morgan fingerprint density at radius 3 is 2.30 bits per heavy atom. The van der Waals surface area contributed by atoms with Gasteiger partial charge in [0.15, 0.2) is 5.70 Å². The number of aryl methyl sites for hydroxylation is 1. The molecular formula is C24H16ClNO4. The zero-order valence-corrected chi connectivity index (χ0v) is 16.7. The van der Waals surface area contributed by atoms with E-state index in [9.17, 15) is 9.59 Å². The number of carbonyl (C=O) groups is 2. The maximum Gasteiger partial charge on any atom is 0.363 e. The van der Waals surface area contributed by atoms with Crippen molar-refractivity contribution >= 4 is 35.5 Å². The minimum absolute atomic E-state index is 0.205. The van der Waals surface area contributed by atoms with Gasteiger partial charge in [0.05, 0.1) is 5.56 Å². The Labute approximate surface area is 178 Å². The highest BCUT2D eigenvalue weighted by Crippen LogP contribution is 2.21. The Morgan fingerprint density at radius 2 is 1.63 bits per heavy atom. The van der Waals surface area contributed by atoms with Crippen LogP contribution >= 0.6 is 11.6 Å². The molecule has 4 rings (SSSR count). The first-order valence-electron chi connectivity index (χ1n) is 9.15. The molecule has 0 atom stereocenters.